The molecule has 0 bridgehead atoms. The van der Waals surface area contributed by atoms with E-state index in [0.29, 0.717) is 6.42 Å². The van der Waals surface area contributed by atoms with Crippen LogP contribution in [-0.4, -0.2) is 57.1 Å². The van der Waals surface area contributed by atoms with Crippen molar-refractivity contribution < 1.29 is 29.4 Å². The number of H-pyrrole nitrogens is 1. The van der Waals surface area contributed by atoms with Crippen molar-refractivity contribution in [2.24, 2.45) is 11.7 Å². The zero-order chi connectivity index (χ0) is 23.8. The number of carboxylic acid groups (broad SMARTS) is 2. The van der Waals surface area contributed by atoms with Gasteiger partial charge in [-0.15, -0.1) is 0 Å². The molecule has 174 valence electrons. The Morgan fingerprint density at radius 1 is 1.09 bits per heavy atom. The Bertz CT molecular complexity index is 972. The number of amides is 2. The van der Waals surface area contributed by atoms with Crippen LogP contribution in [0.5, 0.6) is 0 Å². The molecule has 0 unspecified atom stereocenters. The summed E-state index contributed by atoms with van der Waals surface area (Å²) in [5, 5.41) is 24.3. The van der Waals surface area contributed by atoms with Crippen LogP contribution in [-0.2, 0) is 25.6 Å². The fraction of sp³-hybridized carbons (Fsp3) is 0.455. The van der Waals surface area contributed by atoms with Crippen LogP contribution in [0.15, 0.2) is 30.5 Å². The third-order valence-electron chi connectivity index (χ3n) is 5.51. The van der Waals surface area contributed by atoms with E-state index in [2.05, 4.69) is 15.6 Å². The van der Waals surface area contributed by atoms with Crippen molar-refractivity contribution in [1.82, 2.24) is 15.6 Å². The normalized spacial score (nSPS) is 14.8. The molecule has 0 aliphatic rings. The molecule has 1 aromatic carbocycles. The van der Waals surface area contributed by atoms with Gasteiger partial charge in [0, 0.05) is 29.9 Å². The van der Waals surface area contributed by atoms with E-state index in [-0.39, 0.29) is 25.2 Å². The highest BCUT2D eigenvalue weighted by atomic mass is 16.4. The van der Waals surface area contributed by atoms with Gasteiger partial charge in [-0.1, -0.05) is 38.5 Å². The van der Waals surface area contributed by atoms with Gasteiger partial charge in [0.25, 0.3) is 0 Å². The maximum absolute atomic E-state index is 13.0. The molecule has 4 atom stereocenters. The largest absolute Gasteiger partial charge is 0.481 e. The second-order valence-corrected chi connectivity index (χ2v) is 7.87. The number of carboxylic acids is 2. The molecule has 0 fully saturated rings. The molecule has 0 spiro atoms. The van der Waals surface area contributed by atoms with Gasteiger partial charge >= 0.3 is 11.9 Å². The Kier molecular flexibility index (Phi) is 8.77. The lowest BCUT2D eigenvalue weighted by atomic mass is 9.98. The van der Waals surface area contributed by atoms with Crippen molar-refractivity contribution in [1.29, 1.82) is 0 Å². The average Bonchev–Trinajstić information content (AvgIpc) is 3.17. The number of rotatable bonds is 12. The molecule has 0 radical (unpaired) electrons. The average molecular weight is 447 g/mol. The van der Waals surface area contributed by atoms with Gasteiger partial charge in [-0.05, 0) is 24.0 Å². The number of fused-ring (bicyclic) bond motifs is 1. The number of carbonyl (C=O) groups excluding carboxylic acids is 2. The molecular formula is C22H30N4O6. The highest BCUT2D eigenvalue weighted by molar-refractivity contribution is 5.93. The molecule has 10 heteroatoms. The lowest BCUT2D eigenvalue weighted by Gasteiger charge is -2.25. The van der Waals surface area contributed by atoms with Crippen molar-refractivity contribution in [2.75, 3.05) is 0 Å². The van der Waals surface area contributed by atoms with Crippen LogP contribution in [0.1, 0.15) is 38.7 Å². The fourth-order valence-corrected chi connectivity index (χ4v) is 3.36. The predicted molar refractivity (Wildman–Crippen MR) is 118 cm³/mol. The molecular weight excluding hydrogens is 416 g/mol. The monoisotopic (exact) mass is 446 g/mol. The second kappa shape index (κ2) is 11.3. The van der Waals surface area contributed by atoms with E-state index in [0.717, 1.165) is 16.5 Å². The number of benzene rings is 1. The minimum atomic E-state index is -1.16. The topological polar surface area (TPSA) is 175 Å². The molecule has 0 saturated heterocycles. The van der Waals surface area contributed by atoms with Crippen LogP contribution in [0, 0.1) is 5.92 Å². The molecule has 2 aromatic rings. The van der Waals surface area contributed by atoms with Gasteiger partial charge < -0.3 is 31.6 Å². The molecule has 0 saturated carbocycles. The number of aliphatic carboxylic acids is 2. The van der Waals surface area contributed by atoms with E-state index >= 15 is 0 Å². The smallest absolute Gasteiger partial charge is 0.326 e. The van der Waals surface area contributed by atoms with Gasteiger partial charge in [0.15, 0.2) is 0 Å². The van der Waals surface area contributed by atoms with Crippen LogP contribution >= 0.6 is 0 Å². The summed E-state index contributed by atoms with van der Waals surface area (Å²) >= 11 is 0. The van der Waals surface area contributed by atoms with Gasteiger partial charge in [0.05, 0.1) is 6.04 Å². The van der Waals surface area contributed by atoms with Crippen LogP contribution < -0.4 is 16.4 Å². The molecule has 7 N–H and O–H groups in total. The Morgan fingerprint density at radius 3 is 2.41 bits per heavy atom. The number of para-hydroxylation sites is 1. The molecule has 0 aliphatic carbocycles. The predicted octanol–water partition coefficient (Wildman–Crippen LogP) is 1.00. The maximum atomic E-state index is 13.0. The van der Waals surface area contributed by atoms with E-state index in [4.69, 9.17) is 10.8 Å². The SMILES string of the molecule is CC[C@H](C)[C@H](NC(=O)[C@H](Cc1c[nH]c2ccccc12)NC(=O)[C@@H](N)CCC(=O)O)C(=O)O. The summed E-state index contributed by atoms with van der Waals surface area (Å²) in [5.41, 5.74) is 7.41. The van der Waals surface area contributed by atoms with E-state index in [1.54, 1.807) is 13.1 Å². The number of nitrogens with one attached hydrogen (secondary N) is 3. The highest BCUT2D eigenvalue weighted by Gasteiger charge is 2.31. The van der Waals surface area contributed by atoms with E-state index in [1.165, 1.54) is 0 Å². The zero-order valence-corrected chi connectivity index (χ0v) is 18.1. The third kappa shape index (κ3) is 6.55. The van der Waals surface area contributed by atoms with Gasteiger partial charge in [0.2, 0.25) is 11.8 Å². The lowest BCUT2D eigenvalue weighted by molar-refractivity contribution is -0.143. The number of aromatic amines is 1. The van der Waals surface area contributed by atoms with Crippen molar-refractivity contribution >= 4 is 34.7 Å². The maximum Gasteiger partial charge on any atom is 0.326 e. The van der Waals surface area contributed by atoms with E-state index < -0.39 is 41.9 Å². The first-order chi connectivity index (χ1) is 15.1. The van der Waals surface area contributed by atoms with E-state index in [1.807, 2.05) is 31.2 Å². The molecule has 10 nitrogen and oxygen atoms in total. The Labute approximate surface area is 185 Å². The summed E-state index contributed by atoms with van der Waals surface area (Å²) in [6.45, 7) is 3.54. The Balaban J connectivity index is 2.24. The summed E-state index contributed by atoms with van der Waals surface area (Å²) in [7, 11) is 0. The molecule has 2 rings (SSSR count). The summed E-state index contributed by atoms with van der Waals surface area (Å²) in [4.78, 5) is 51.1. The molecule has 2 amide bonds. The van der Waals surface area contributed by atoms with E-state index in [9.17, 15) is 24.3 Å². The first-order valence-electron chi connectivity index (χ1n) is 10.5. The Hall–Kier alpha value is -3.40. The van der Waals surface area contributed by atoms with Crippen LogP contribution in [0.25, 0.3) is 10.9 Å². The second-order valence-electron chi connectivity index (χ2n) is 7.87. The van der Waals surface area contributed by atoms with Crippen molar-refractivity contribution in [3.05, 3.63) is 36.0 Å². The van der Waals surface area contributed by atoms with Crippen molar-refractivity contribution in [3.8, 4) is 0 Å². The molecule has 1 heterocycles. The lowest BCUT2D eigenvalue weighted by Crippen LogP contribution is -2.56. The Morgan fingerprint density at radius 2 is 1.78 bits per heavy atom. The summed E-state index contributed by atoms with van der Waals surface area (Å²) in [5.74, 6) is -3.90. The van der Waals surface area contributed by atoms with Gasteiger partial charge in [-0.2, -0.15) is 0 Å². The van der Waals surface area contributed by atoms with Crippen molar-refractivity contribution in [3.63, 3.8) is 0 Å². The van der Waals surface area contributed by atoms with Crippen LogP contribution in [0.3, 0.4) is 0 Å². The quantitative estimate of drug-likeness (QED) is 0.282. The molecule has 0 aliphatic heterocycles. The molecule has 32 heavy (non-hydrogen) atoms. The summed E-state index contributed by atoms with van der Waals surface area (Å²) in [6.07, 6.45) is 1.98. The number of nitrogens with two attached hydrogens (primary N) is 1. The minimum absolute atomic E-state index is 0.0901. The number of carbonyl (C=O) groups is 4. The minimum Gasteiger partial charge on any atom is -0.481 e. The first kappa shape index (κ1) is 24.9. The van der Waals surface area contributed by atoms with Gasteiger partial charge in [-0.3, -0.25) is 14.4 Å². The van der Waals surface area contributed by atoms with Crippen LogP contribution in [0.4, 0.5) is 0 Å². The van der Waals surface area contributed by atoms with Crippen LogP contribution in [0.2, 0.25) is 0 Å². The van der Waals surface area contributed by atoms with Crippen molar-refractivity contribution in [2.45, 2.75) is 57.7 Å². The summed E-state index contributed by atoms with van der Waals surface area (Å²) in [6, 6.07) is 4.12. The summed E-state index contributed by atoms with van der Waals surface area (Å²) < 4.78 is 0. The number of hydrogen-bond acceptors (Lipinski definition) is 5. The standard InChI is InChI=1S/C22H30N4O6/c1-3-12(2)19(22(31)32)26-21(30)17(25-20(29)15(23)8-9-18(27)28)10-13-11-24-16-7-5-4-6-14(13)16/h4-7,11-12,15,17,19,24H,3,8-10,23H2,1-2H3,(H,25,29)(H,26,30)(H,27,28)(H,31,32)/t12-,15-,17-,19-/m0/s1. The fourth-order valence-electron chi connectivity index (χ4n) is 3.36. The molecule has 1 aromatic heterocycles. The third-order valence-corrected chi connectivity index (χ3v) is 5.51. The van der Waals surface area contributed by atoms with Gasteiger partial charge in [-0.25, -0.2) is 4.79 Å². The number of aromatic nitrogens is 1. The highest BCUT2D eigenvalue weighted by Crippen LogP contribution is 2.19. The first-order valence-corrected chi connectivity index (χ1v) is 10.5. The van der Waals surface area contributed by atoms with Gasteiger partial charge in [0.1, 0.15) is 12.1 Å². The number of hydrogen-bond donors (Lipinski definition) is 6. The zero-order valence-electron chi connectivity index (χ0n) is 18.1.